The zero-order valence-electron chi connectivity index (χ0n) is 16.9. The molecule has 0 saturated carbocycles. The van der Waals surface area contributed by atoms with Gasteiger partial charge in [-0.3, -0.25) is 9.69 Å². The fourth-order valence-corrected chi connectivity index (χ4v) is 4.38. The molecule has 0 radical (unpaired) electrons. The van der Waals surface area contributed by atoms with Crippen LogP contribution in [-0.4, -0.2) is 57.2 Å². The Morgan fingerprint density at radius 1 is 1.14 bits per heavy atom. The predicted molar refractivity (Wildman–Crippen MR) is 117 cm³/mol. The zero-order chi connectivity index (χ0) is 20.2. The van der Waals surface area contributed by atoms with Crippen molar-refractivity contribution in [3.8, 4) is 0 Å². The molecule has 1 N–H and O–H groups in total. The first-order valence-electron chi connectivity index (χ1n) is 10.3. The fourth-order valence-electron chi connectivity index (χ4n) is 4.25. The SMILES string of the molecule is CN1CCCc2cc([C@H](CNC(=O)c3ccc(Cl)cc3)N3CCOCC3)ccc21. The number of fused-ring (bicyclic) bond motifs is 1. The van der Waals surface area contributed by atoms with Crippen molar-refractivity contribution in [3.63, 3.8) is 0 Å². The second-order valence-corrected chi connectivity index (χ2v) is 8.23. The first kappa shape index (κ1) is 20.2. The van der Waals surface area contributed by atoms with Crippen LogP contribution in [0.15, 0.2) is 42.5 Å². The summed E-state index contributed by atoms with van der Waals surface area (Å²) < 4.78 is 5.55. The van der Waals surface area contributed by atoms with E-state index in [1.54, 1.807) is 24.3 Å². The van der Waals surface area contributed by atoms with Gasteiger partial charge in [-0.25, -0.2) is 0 Å². The molecule has 0 aromatic heterocycles. The maximum atomic E-state index is 12.6. The van der Waals surface area contributed by atoms with Gasteiger partial charge in [-0.05, 0) is 54.3 Å². The Labute approximate surface area is 177 Å². The Bertz CT molecular complexity index is 850. The van der Waals surface area contributed by atoms with Gasteiger partial charge < -0.3 is 15.0 Å². The number of halogens is 1. The summed E-state index contributed by atoms with van der Waals surface area (Å²) in [4.78, 5) is 17.4. The Kier molecular flexibility index (Phi) is 6.38. The Hall–Kier alpha value is -2.08. The molecule has 2 aliphatic heterocycles. The quantitative estimate of drug-likeness (QED) is 0.814. The molecule has 2 aromatic rings. The lowest BCUT2D eigenvalue weighted by molar-refractivity contribution is 0.0162. The molecular weight excluding hydrogens is 386 g/mol. The average Bonchev–Trinajstić information content (AvgIpc) is 2.75. The number of benzene rings is 2. The van der Waals surface area contributed by atoms with Gasteiger partial charge in [-0.2, -0.15) is 0 Å². The highest BCUT2D eigenvalue weighted by molar-refractivity contribution is 6.30. The van der Waals surface area contributed by atoms with E-state index in [1.165, 1.54) is 23.2 Å². The van der Waals surface area contributed by atoms with E-state index in [2.05, 4.69) is 40.4 Å². The molecule has 1 amide bonds. The molecule has 4 rings (SSSR count). The molecule has 1 atom stereocenters. The number of morpholine rings is 1. The highest BCUT2D eigenvalue weighted by Crippen LogP contribution is 2.31. The number of nitrogens with zero attached hydrogens (tertiary/aromatic N) is 2. The van der Waals surface area contributed by atoms with Crippen molar-refractivity contribution >= 4 is 23.2 Å². The molecule has 2 aromatic carbocycles. The molecule has 154 valence electrons. The van der Waals surface area contributed by atoms with E-state index < -0.39 is 0 Å². The van der Waals surface area contributed by atoms with E-state index >= 15 is 0 Å². The Morgan fingerprint density at radius 2 is 1.90 bits per heavy atom. The van der Waals surface area contributed by atoms with Crippen molar-refractivity contribution in [1.29, 1.82) is 0 Å². The largest absolute Gasteiger partial charge is 0.379 e. The summed E-state index contributed by atoms with van der Waals surface area (Å²) in [6.07, 6.45) is 2.29. The van der Waals surface area contributed by atoms with Crippen molar-refractivity contribution in [2.24, 2.45) is 0 Å². The smallest absolute Gasteiger partial charge is 0.251 e. The summed E-state index contributed by atoms with van der Waals surface area (Å²) in [6, 6.07) is 13.9. The van der Waals surface area contributed by atoms with Gasteiger partial charge in [0.2, 0.25) is 0 Å². The van der Waals surface area contributed by atoms with Crippen LogP contribution in [0.2, 0.25) is 5.02 Å². The second-order valence-electron chi connectivity index (χ2n) is 7.79. The second kappa shape index (κ2) is 9.16. The molecular formula is C23H28ClN3O2. The van der Waals surface area contributed by atoms with E-state index in [1.807, 2.05) is 0 Å². The molecule has 5 nitrogen and oxygen atoms in total. The van der Waals surface area contributed by atoms with Crippen LogP contribution in [0, 0.1) is 0 Å². The normalized spacial score (nSPS) is 18.2. The van der Waals surface area contributed by atoms with Gasteiger partial charge in [0, 0.05) is 49.5 Å². The van der Waals surface area contributed by atoms with E-state index in [0.717, 1.165) is 39.3 Å². The molecule has 0 spiro atoms. The molecule has 6 heteroatoms. The van der Waals surface area contributed by atoms with Gasteiger partial charge in [0.25, 0.3) is 5.91 Å². The minimum atomic E-state index is -0.0716. The fraction of sp³-hybridized carbons (Fsp3) is 0.435. The van der Waals surface area contributed by atoms with Gasteiger partial charge >= 0.3 is 0 Å². The number of anilines is 1. The number of carbonyl (C=O) groups is 1. The first-order valence-corrected chi connectivity index (χ1v) is 10.7. The van der Waals surface area contributed by atoms with Gasteiger partial charge in [-0.1, -0.05) is 23.7 Å². The summed E-state index contributed by atoms with van der Waals surface area (Å²) in [5, 5.41) is 3.76. The third kappa shape index (κ3) is 4.74. The number of nitrogens with one attached hydrogen (secondary N) is 1. The van der Waals surface area contributed by atoms with Crippen molar-refractivity contribution < 1.29 is 9.53 Å². The Morgan fingerprint density at radius 3 is 2.66 bits per heavy atom. The number of carbonyl (C=O) groups excluding carboxylic acids is 1. The molecule has 2 aliphatic rings. The lowest BCUT2D eigenvalue weighted by Gasteiger charge is -2.36. The standard InChI is InChI=1S/C23H28ClN3O2/c1-26-10-2-3-18-15-19(6-9-21(18)26)22(27-11-13-29-14-12-27)16-25-23(28)17-4-7-20(24)8-5-17/h4-9,15,22H,2-3,10-14,16H2,1H3,(H,25,28)/t22-/m0/s1. The van der Waals surface area contributed by atoms with Crippen LogP contribution < -0.4 is 10.2 Å². The number of aryl methyl sites for hydroxylation is 1. The summed E-state index contributed by atoms with van der Waals surface area (Å²) in [5.74, 6) is -0.0716. The number of hydrogen-bond donors (Lipinski definition) is 1. The summed E-state index contributed by atoms with van der Waals surface area (Å²) in [6.45, 7) is 4.88. The predicted octanol–water partition coefficient (Wildman–Crippen LogP) is 3.53. The Balaban J connectivity index is 1.53. The summed E-state index contributed by atoms with van der Waals surface area (Å²) in [7, 11) is 2.16. The van der Waals surface area contributed by atoms with E-state index in [4.69, 9.17) is 16.3 Å². The van der Waals surface area contributed by atoms with Gasteiger partial charge in [0.05, 0.1) is 19.3 Å². The molecule has 1 fully saturated rings. The van der Waals surface area contributed by atoms with Gasteiger partial charge in [0.15, 0.2) is 0 Å². The van der Waals surface area contributed by atoms with Crippen molar-refractivity contribution in [2.75, 3.05) is 51.3 Å². The van der Waals surface area contributed by atoms with Crippen LogP contribution >= 0.6 is 11.6 Å². The average molecular weight is 414 g/mol. The van der Waals surface area contributed by atoms with E-state index in [0.29, 0.717) is 17.1 Å². The molecule has 0 aliphatic carbocycles. The van der Waals surface area contributed by atoms with Crippen molar-refractivity contribution in [2.45, 2.75) is 18.9 Å². The molecule has 0 bridgehead atoms. The maximum absolute atomic E-state index is 12.6. The van der Waals surface area contributed by atoms with Gasteiger partial charge in [-0.15, -0.1) is 0 Å². The van der Waals surface area contributed by atoms with Crippen LogP contribution in [-0.2, 0) is 11.2 Å². The topological polar surface area (TPSA) is 44.8 Å². The summed E-state index contributed by atoms with van der Waals surface area (Å²) in [5.41, 5.74) is 4.61. The number of amides is 1. The van der Waals surface area contributed by atoms with Crippen molar-refractivity contribution in [3.05, 3.63) is 64.2 Å². The number of ether oxygens (including phenoxy) is 1. The van der Waals surface area contributed by atoms with Gasteiger partial charge in [0.1, 0.15) is 0 Å². The highest BCUT2D eigenvalue weighted by atomic mass is 35.5. The first-order chi connectivity index (χ1) is 14.1. The van der Waals surface area contributed by atoms with Crippen LogP contribution in [0.25, 0.3) is 0 Å². The molecule has 0 unspecified atom stereocenters. The van der Waals surface area contributed by atoms with Crippen LogP contribution in [0.5, 0.6) is 0 Å². The summed E-state index contributed by atoms with van der Waals surface area (Å²) >= 11 is 5.94. The highest BCUT2D eigenvalue weighted by Gasteiger charge is 2.25. The van der Waals surface area contributed by atoms with E-state index in [9.17, 15) is 4.79 Å². The third-order valence-corrected chi connectivity index (χ3v) is 6.14. The molecule has 2 heterocycles. The lowest BCUT2D eigenvalue weighted by Crippen LogP contribution is -2.44. The van der Waals surface area contributed by atoms with Crippen LogP contribution in [0.1, 0.15) is 33.9 Å². The molecule has 1 saturated heterocycles. The zero-order valence-corrected chi connectivity index (χ0v) is 17.6. The van der Waals surface area contributed by atoms with E-state index in [-0.39, 0.29) is 11.9 Å². The minimum Gasteiger partial charge on any atom is -0.379 e. The van der Waals surface area contributed by atoms with Crippen LogP contribution in [0.4, 0.5) is 5.69 Å². The van der Waals surface area contributed by atoms with Crippen molar-refractivity contribution in [1.82, 2.24) is 10.2 Å². The maximum Gasteiger partial charge on any atom is 0.251 e. The third-order valence-electron chi connectivity index (χ3n) is 5.89. The van der Waals surface area contributed by atoms with Crippen LogP contribution in [0.3, 0.4) is 0 Å². The minimum absolute atomic E-state index is 0.0716. The number of rotatable bonds is 5. The monoisotopic (exact) mass is 413 g/mol. The molecule has 29 heavy (non-hydrogen) atoms. The number of hydrogen-bond acceptors (Lipinski definition) is 4. The lowest BCUT2D eigenvalue weighted by atomic mass is 9.95.